The van der Waals surface area contributed by atoms with E-state index in [1.807, 2.05) is 12.1 Å². The zero-order valence-electron chi connectivity index (χ0n) is 10.5. The van der Waals surface area contributed by atoms with E-state index in [-0.39, 0.29) is 5.97 Å². The quantitative estimate of drug-likeness (QED) is 0.685. The van der Waals surface area contributed by atoms with Crippen LogP contribution < -0.4 is 5.73 Å². The number of halogens is 1. The van der Waals surface area contributed by atoms with E-state index in [2.05, 4.69) is 0 Å². The zero-order valence-corrected chi connectivity index (χ0v) is 11.3. The van der Waals surface area contributed by atoms with Gasteiger partial charge in [-0.2, -0.15) is 0 Å². The highest BCUT2D eigenvalue weighted by atomic mass is 35.5. The van der Waals surface area contributed by atoms with Crippen molar-refractivity contribution in [3.8, 4) is 11.1 Å². The summed E-state index contributed by atoms with van der Waals surface area (Å²) >= 11 is 5.87. The van der Waals surface area contributed by atoms with Crippen LogP contribution in [0.1, 0.15) is 17.3 Å². The molecule has 0 aliphatic heterocycles. The van der Waals surface area contributed by atoms with Crippen LogP contribution in [0.15, 0.2) is 42.5 Å². The Labute approximate surface area is 117 Å². The molecule has 3 nitrogen and oxygen atoms in total. The lowest BCUT2D eigenvalue weighted by molar-refractivity contribution is 0.0527. The van der Waals surface area contributed by atoms with Crippen LogP contribution in [0.3, 0.4) is 0 Å². The van der Waals surface area contributed by atoms with Gasteiger partial charge in [0.25, 0.3) is 0 Å². The topological polar surface area (TPSA) is 52.3 Å². The fraction of sp³-hybridized carbons (Fsp3) is 0.133. The molecule has 98 valence electrons. The smallest absolute Gasteiger partial charge is 0.338 e. The number of ether oxygens (including phenoxy) is 1. The van der Waals surface area contributed by atoms with Crippen LogP contribution in [0, 0.1) is 0 Å². The molecule has 0 spiro atoms. The highest BCUT2D eigenvalue weighted by Crippen LogP contribution is 2.27. The standard InChI is InChI=1S/C15H14ClNO2/c1-2-19-15(18)13-8-7-12(17)9-14(13)10-3-5-11(16)6-4-10/h3-9H,2,17H2,1H3. The number of benzene rings is 2. The SMILES string of the molecule is CCOC(=O)c1ccc(N)cc1-c1ccc(Cl)cc1. The molecule has 4 heteroatoms. The second-order valence-corrected chi connectivity index (χ2v) is 4.47. The number of carbonyl (C=O) groups excluding carboxylic acids is 1. The maximum absolute atomic E-state index is 11.9. The minimum Gasteiger partial charge on any atom is -0.462 e. The molecule has 0 saturated carbocycles. The van der Waals surface area contributed by atoms with Gasteiger partial charge >= 0.3 is 5.97 Å². The third-order valence-corrected chi connectivity index (χ3v) is 2.95. The van der Waals surface area contributed by atoms with E-state index in [0.717, 1.165) is 11.1 Å². The first-order valence-electron chi connectivity index (χ1n) is 5.94. The fourth-order valence-corrected chi connectivity index (χ4v) is 1.94. The van der Waals surface area contributed by atoms with Crippen LogP contribution in [0.2, 0.25) is 5.02 Å². The van der Waals surface area contributed by atoms with Crippen LogP contribution >= 0.6 is 11.6 Å². The lowest BCUT2D eigenvalue weighted by atomic mass is 9.99. The average molecular weight is 276 g/mol. The Morgan fingerprint density at radius 2 is 1.89 bits per heavy atom. The molecule has 0 amide bonds. The van der Waals surface area contributed by atoms with E-state index >= 15 is 0 Å². The van der Waals surface area contributed by atoms with Gasteiger partial charge in [0.15, 0.2) is 0 Å². The van der Waals surface area contributed by atoms with Gasteiger partial charge in [0.1, 0.15) is 0 Å². The summed E-state index contributed by atoms with van der Waals surface area (Å²) < 4.78 is 5.05. The predicted molar refractivity (Wildman–Crippen MR) is 77.3 cm³/mol. The largest absolute Gasteiger partial charge is 0.462 e. The van der Waals surface area contributed by atoms with Gasteiger partial charge in [0.05, 0.1) is 12.2 Å². The highest BCUT2D eigenvalue weighted by molar-refractivity contribution is 6.30. The third-order valence-electron chi connectivity index (χ3n) is 2.69. The van der Waals surface area contributed by atoms with E-state index in [1.54, 1.807) is 37.3 Å². The van der Waals surface area contributed by atoms with Gasteiger partial charge in [-0.15, -0.1) is 0 Å². The van der Waals surface area contributed by atoms with Crippen molar-refractivity contribution in [1.29, 1.82) is 0 Å². The first kappa shape index (κ1) is 13.4. The first-order chi connectivity index (χ1) is 9.11. The Bertz CT molecular complexity index is 594. The highest BCUT2D eigenvalue weighted by Gasteiger charge is 2.14. The molecule has 0 aliphatic carbocycles. The summed E-state index contributed by atoms with van der Waals surface area (Å²) in [5.74, 6) is -0.354. The van der Waals surface area contributed by atoms with Crippen molar-refractivity contribution in [2.45, 2.75) is 6.92 Å². The molecule has 0 heterocycles. The number of nitrogens with two attached hydrogens (primary N) is 1. The molecule has 2 aromatic rings. The number of anilines is 1. The number of hydrogen-bond acceptors (Lipinski definition) is 3. The number of carbonyl (C=O) groups is 1. The van der Waals surface area contributed by atoms with Crippen LogP contribution in [0.5, 0.6) is 0 Å². The second-order valence-electron chi connectivity index (χ2n) is 4.03. The molecule has 19 heavy (non-hydrogen) atoms. The Morgan fingerprint density at radius 1 is 1.21 bits per heavy atom. The summed E-state index contributed by atoms with van der Waals surface area (Å²) in [4.78, 5) is 11.9. The summed E-state index contributed by atoms with van der Waals surface area (Å²) in [5.41, 5.74) is 8.50. The second kappa shape index (κ2) is 5.76. The zero-order chi connectivity index (χ0) is 13.8. The van der Waals surface area contributed by atoms with Crippen molar-refractivity contribution in [1.82, 2.24) is 0 Å². The van der Waals surface area contributed by atoms with Gasteiger partial charge in [0.2, 0.25) is 0 Å². The number of esters is 1. The molecule has 0 fully saturated rings. The molecule has 0 atom stereocenters. The molecule has 0 bridgehead atoms. The number of nitrogen functional groups attached to an aromatic ring is 1. The molecular formula is C15H14ClNO2. The number of hydrogen-bond donors (Lipinski definition) is 1. The Hall–Kier alpha value is -2.00. The van der Waals surface area contributed by atoms with Crippen molar-refractivity contribution in [2.75, 3.05) is 12.3 Å². The number of rotatable bonds is 3. The average Bonchev–Trinajstić information content (AvgIpc) is 2.39. The van der Waals surface area contributed by atoms with Crippen molar-refractivity contribution < 1.29 is 9.53 Å². The Balaban J connectivity index is 2.51. The monoisotopic (exact) mass is 275 g/mol. The molecule has 2 rings (SSSR count). The van der Waals surface area contributed by atoms with E-state index in [1.165, 1.54) is 0 Å². The Morgan fingerprint density at radius 3 is 2.53 bits per heavy atom. The van der Waals surface area contributed by atoms with Gasteiger partial charge in [-0.25, -0.2) is 4.79 Å². The molecular weight excluding hydrogens is 262 g/mol. The van der Waals surface area contributed by atoms with E-state index in [0.29, 0.717) is 22.9 Å². The van der Waals surface area contributed by atoms with Gasteiger partial charge < -0.3 is 10.5 Å². The fourth-order valence-electron chi connectivity index (χ4n) is 1.82. The van der Waals surface area contributed by atoms with Crippen molar-refractivity contribution in [3.63, 3.8) is 0 Å². The van der Waals surface area contributed by atoms with Gasteiger partial charge in [-0.1, -0.05) is 23.7 Å². The maximum Gasteiger partial charge on any atom is 0.338 e. The van der Waals surface area contributed by atoms with E-state index < -0.39 is 0 Å². The summed E-state index contributed by atoms with van der Waals surface area (Å²) in [6, 6.07) is 12.4. The van der Waals surface area contributed by atoms with Gasteiger partial charge in [0, 0.05) is 10.7 Å². The summed E-state index contributed by atoms with van der Waals surface area (Å²) in [7, 11) is 0. The lowest BCUT2D eigenvalue weighted by Crippen LogP contribution is -2.07. The molecule has 0 aliphatic rings. The molecule has 0 unspecified atom stereocenters. The lowest BCUT2D eigenvalue weighted by Gasteiger charge is -2.10. The van der Waals surface area contributed by atoms with Crippen LogP contribution in [0.4, 0.5) is 5.69 Å². The molecule has 2 N–H and O–H groups in total. The molecule has 0 saturated heterocycles. The van der Waals surface area contributed by atoms with Crippen LogP contribution in [0.25, 0.3) is 11.1 Å². The minimum absolute atomic E-state index is 0.337. The van der Waals surface area contributed by atoms with E-state index in [4.69, 9.17) is 22.1 Å². The normalized spacial score (nSPS) is 10.2. The summed E-state index contributed by atoms with van der Waals surface area (Å²) in [6.45, 7) is 2.11. The van der Waals surface area contributed by atoms with Crippen molar-refractivity contribution in [2.24, 2.45) is 0 Å². The third kappa shape index (κ3) is 3.06. The predicted octanol–water partition coefficient (Wildman–Crippen LogP) is 3.77. The Kier molecular flexibility index (Phi) is 4.07. The molecule has 0 radical (unpaired) electrons. The van der Waals surface area contributed by atoms with Crippen molar-refractivity contribution >= 4 is 23.3 Å². The van der Waals surface area contributed by atoms with Gasteiger partial charge in [-0.05, 0) is 48.4 Å². The summed E-state index contributed by atoms with van der Waals surface area (Å²) in [6.07, 6.45) is 0. The minimum atomic E-state index is -0.354. The van der Waals surface area contributed by atoms with Crippen LogP contribution in [-0.4, -0.2) is 12.6 Å². The van der Waals surface area contributed by atoms with Crippen molar-refractivity contribution in [3.05, 3.63) is 53.1 Å². The molecule has 0 aromatic heterocycles. The maximum atomic E-state index is 11.9. The van der Waals surface area contributed by atoms with Crippen LogP contribution in [-0.2, 0) is 4.74 Å². The molecule has 2 aromatic carbocycles. The summed E-state index contributed by atoms with van der Waals surface area (Å²) in [5, 5.41) is 0.644. The van der Waals surface area contributed by atoms with E-state index in [9.17, 15) is 4.79 Å². The first-order valence-corrected chi connectivity index (χ1v) is 6.32. The van der Waals surface area contributed by atoms with Gasteiger partial charge in [-0.3, -0.25) is 0 Å².